The minimum atomic E-state index is -0.939. The van der Waals surface area contributed by atoms with E-state index in [1.807, 2.05) is 52.8 Å². The lowest BCUT2D eigenvalue weighted by Gasteiger charge is -2.20. The first-order valence-electron chi connectivity index (χ1n) is 16.0. The van der Waals surface area contributed by atoms with Gasteiger partial charge in [0.1, 0.15) is 30.2 Å². The Hall–Kier alpha value is -4.18. The summed E-state index contributed by atoms with van der Waals surface area (Å²) in [6.07, 6.45) is 4.56. The molecule has 8 nitrogen and oxygen atoms in total. The van der Waals surface area contributed by atoms with Crippen molar-refractivity contribution in [3.63, 3.8) is 0 Å². The van der Waals surface area contributed by atoms with E-state index in [1.54, 1.807) is 31.1 Å². The third-order valence-electron chi connectivity index (χ3n) is 9.22. The van der Waals surface area contributed by atoms with Crippen LogP contribution in [-0.2, 0) is 29.1 Å². The minimum Gasteiger partial charge on any atom is -0.473 e. The van der Waals surface area contributed by atoms with Gasteiger partial charge in [-0.1, -0.05) is 6.92 Å². The largest absolute Gasteiger partial charge is 0.473 e. The van der Waals surface area contributed by atoms with Crippen LogP contribution in [-0.4, -0.2) is 42.0 Å². The Kier molecular flexibility index (Phi) is 8.02. The molecule has 2 aliphatic rings. The van der Waals surface area contributed by atoms with Crippen molar-refractivity contribution in [2.75, 3.05) is 0 Å². The molecule has 2 aromatic heterocycles. The number of fused-ring (bicyclic) bond motifs is 3. The fraction of sp³-hybridized carbons (Fsp3) is 0.459. The number of halogens is 2. The van der Waals surface area contributed by atoms with Crippen LogP contribution in [0.4, 0.5) is 8.78 Å². The van der Waals surface area contributed by atoms with Crippen LogP contribution in [0.3, 0.4) is 0 Å². The highest BCUT2D eigenvalue weighted by Gasteiger charge is 2.66. The number of aromatic nitrogens is 4. The van der Waals surface area contributed by atoms with E-state index in [1.165, 1.54) is 6.07 Å². The molecule has 3 unspecified atom stereocenters. The SMILES string of the molecule is Cc1cc(-c2ncn(CC(C)(C)O)n2)cc(C)c1-c1cc(COc2cc3c(cn2)C2C(CC(=O)OC(C)(C)C)C2(C)C3)c(F)cc1F. The molecule has 0 amide bonds. The second-order valence-electron chi connectivity index (χ2n) is 15.1. The smallest absolute Gasteiger partial charge is 0.306 e. The first-order chi connectivity index (χ1) is 21.9. The van der Waals surface area contributed by atoms with E-state index in [0.29, 0.717) is 30.2 Å². The molecule has 10 heteroatoms. The molecule has 1 N–H and O–H groups in total. The minimum absolute atomic E-state index is 0.0186. The van der Waals surface area contributed by atoms with E-state index in [2.05, 4.69) is 22.0 Å². The number of carbonyl (C=O) groups is 1. The van der Waals surface area contributed by atoms with Crippen molar-refractivity contribution in [2.24, 2.45) is 11.3 Å². The van der Waals surface area contributed by atoms with Gasteiger partial charge in [0, 0.05) is 41.4 Å². The fourth-order valence-electron chi connectivity index (χ4n) is 7.26. The van der Waals surface area contributed by atoms with Crippen molar-refractivity contribution >= 4 is 5.97 Å². The second-order valence-corrected chi connectivity index (χ2v) is 15.1. The van der Waals surface area contributed by atoms with Gasteiger partial charge in [0.05, 0.1) is 12.1 Å². The second kappa shape index (κ2) is 11.5. The molecule has 1 fully saturated rings. The van der Waals surface area contributed by atoms with Crippen LogP contribution in [0.1, 0.15) is 81.7 Å². The van der Waals surface area contributed by atoms with Gasteiger partial charge in [-0.15, -0.1) is 0 Å². The lowest BCUT2D eigenvalue weighted by Crippen LogP contribution is -2.26. The molecule has 0 saturated heterocycles. The number of hydrogen-bond acceptors (Lipinski definition) is 7. The van der Waals surface area contributed by atoms with Crippen molar-refractivity contribution in [1.82, 2.24) is 19.7 Å². The molecule has 6 rings (SSSR count). The van der Waals surface area contributed by atoms with Crippen LogP contribution in [0.25, 0.3) is 22.5 Å². The summed E-state index contributed by atoms with van der Waals surface area (Å²) in [7, 11) is 0. The molecule has 2 aliphatic carbocycles. The van der Waals surface area contributed by atoms with Gasteiger partial charge in [0.2, 0.25) is 5.88 Å². The Balaban J connectivity index is 1.17. The zero-order valence-electron chi connectivity index (χ0n) is 28.2. The summed E-state index contributed by atoms with van der Waals surface area (Å²) in [4.78, 5) is 21.3. The molecule has 4 aromatic rings. The summed E-state index contributed by atoms with van der Waals surface area (Å²) in [6, 6.07) is 8.05. The van der Waals surface area contributed by atoms with Crippen LogP contribution < -0.4 is 4.74 Å². The molecular weight excluding hydrogens is 602 g/mol. The van der Waals surface area contributed by atoms with Gasteiger partial charge in [-0.2, -0.15) is 5.10 Å². The zero-order chi connectivity index (χ0) is 34.1. The van der Waals surface area contributed by atoms with E-state index in [4.69, 9.17) is 9.47 Å². The van der Waals surface area contributed by atoms with E-state index >= 15 is 8.78 Å². The fourth-order valence-corrected chi connectivity index (χ4v) is 7.26. The van der Waals surface area contributed by atoms with Gasteiger partial charge in [-0.25, -0.2) is 23.4 Å². The number of hydrogen-bond donors (Lipinski definition) is 1. The number of rotatable bonds is 9. The number of aryl methyl sites for hydroxylation is 2. The molecule has 3 atom stereocenters. The number of ether oxygens (including phenoxy) is 2. The number of benzene rings is 2. The molecule has 0 bridgehead atoms. The lowest BCUT2D eigenvalue weighted by molar-refractivity contribution is -0.155. The summed E-state index contributed by atoms with van der Waals surface area (Å²) in [6.45, 7) is 15.1. The van der Waals surface area contributed by atoms with Crippen molar-refractivity contribution in [2.45, 2.75) is 98.5 Å². The molecule has 2 aromatic carbocycles. The number of pyridine rings is 1. The summed E-state index contributed by atoms with van der Waals surface area (Å²) in [5.41, 5.74) is 4.25. The Morgan fingerprint density at radius 2 is 1.74 bits per heavy atom. The van der Waals surface area contributed by atoms with Crippen LogP contribution >= 0.6 is 0 Å². The van der Waals surface area contributed by atoms with Gasteiger partial charge in [-0.05, 0) is 118 Å². The first kappa shape index (κ1) is 32.7. The van der Waals surface area contributed by atoms with Crippen molar-refractivity contribution < 1.29 is 28.2 Å². The highest BCUT2D eigenvalue weighted by atomic mass is 19.1. The molecule has 0 radical (unpaired) electrons. The van der Waals surface area contributed by atoms with E-state index < -0.39 is 22.8 Å². The lowest BCUT2D eigenvalue weighted by atomic mass is 9.92. The number of carbonyl (C=O) groups excluding carboxylic acids is 1. The van der Waals surface area contributed by atoms with Crippen molar-refractivity contribution in [3.05, 3.63) is 82.3 Å². The van der Waals surface area contributed by atoms with Crippen LogP contribution in [0.5, 0.6) is 5.88 Å². The molecule has 1 saturated carbocycles. The molecule has 47 heavy (non-hydrogen) atoms. The highest BCUT2D eigenvalue weighted by molar-refractivity contribution is 5.76. The van der Waals surface area contributed by atoms with E-state index in [-0.39, 0.29) is 41.0 Å². The third-order valence-corrected chi connectivity index (χ3v) is 9.22. The maximum Gasteiger partial charge on any atom is 0.306 e. The average Bonchev–Trinajstić information content (AvgIpc) is 3.22. The quantitative estimate of drug-likeness (QED) is 0.192. The monoisotopic (exact) mass is 644 g/mol. The maximum atomic E-state index is 15.3. The summed E-state index contributed by atoms with van der Waals surface area (Å²) < 4.78 is 43.4. The molecule has 0 aliphatic heterocycles. The van der Waals surface area contributed by atoms with E-state index in [0.717, 1.165) is 40.3 Å². The predicted molar refractivity (Wildman–Crippen MR) is 174 cm³/mol. The molecule has 2 heterocycles. The Labute approximate surface area is 274 Å². The number of nitrogens with zero attached hydrogens (tertiary/aromatic N) is 4. The molecular formula is C37H42F2N4O4. The standard InChI is InChI=1S/C37H42F2N4O4/c1-20-9-22(34-41-19-43(42-34)18-36(6,7)45)10-21(2)32(20)25-11-24(28(38)14-29(25)39)17-46-30-12-23-15-37(8)27(33(37)26(23)16-40-30)13-31(44)47-35(3,4)5/h9-12,14,16,19,27,33,45H,13,15,17-18H2,1-8H3. The molecule has 0 spiro atoms. The van der Waals surface area contributed by atoms with Gasteiger partial charge < -0.3 is 14.6 Å². The topological polar surface area (TPSA) is 99.4 Å². The van der Waals surface area contributed by atoms with Gasteiger partial charge in [0.25, 0.3) is 0 Å². The molecule has 248 valence electrons. The summed E-state index contributed by atoms with van der Waals surface area (Å²) in [5, 5.41) is 14.6. The Bertz CT molecular complexity index is 1850. The maximum absolute atomic E-state index is 15.3. The summed E-state index contributed by atoms with van der Waals surface area (Å²) >= 11 is 0. The van der Waals surface area contributed by atoms with Gasteiger partial charge in [0.15, 0.2) is 5.82 Å². The normalized spacial score (nSPS) is 20.1. The van der Waals surface area contributed by atoms with Crippen LogP contribution in [0.15, 0.2) is 42.9 Å². The zero-order valence-corrected chi connectivity index (χ0v) is 28.2. The Morgan fingerprint density at radius 1 is 1.04 bits per heavy atom. The Morgan fingerprint density at radius 3 is 2.40 bits per heavy atom. The highest BCUT2D eigenvalue weighted by Crippen LogP contribution is 2.72. The van der Waals surface area contributed by atoms with E-state index in [9.17, 15) is 9.90 Å². The van der Waals surface area contributed by atoms with Gasteiger partial charge >= 0.3 is 5.97 Å². The van der Waals surface area contributed by atoms with Crippen molar-refractivity contribution in [3.8, 4) is 28.4 Å². The first-order valence-corrected chi connectivity index (χ1v) is 16.0. The van der Waals surface area contributed by atoms with Gasteiger partial charge in [-0.3, -0.25) is 4.79 Å². The summed E-state index contributed by atoms with van der Waals surface area (Å²) in [5.74, 6) is -0.203. The van der Waals surface area contributed by atoms with Crippen LogP contribution in [0, 0.1) is 36.8 Å². The number of esters is 1. The number of aliphatic hydroxyl groups is 1. The predicted octanol–water partition coefficient (Wildman–Crippen LogP) is 7.26. The van der Waals surface area contributed by atoms with Crippen LogP contribution in [0.2, 0.25) is 0 Å². The third kappa shape index (κ3) is 6.66. The average molecular weight is 645 g/mol. The van der Waals surface area contributed by atoms with Crippen molar-refractivity contribution in [1.29, 1.82) is 0 Å².